The molecule has 0 heterocycles. The summed E-state index contributed by atoms with van der Waals surface area (Å²) in [6.07, 6.45) is 0. The van der Waals surface area contributed by atoms with Crippen LogP contribution in [-0.2, 0) is 55.6 Å². The van der Waals surface area contributed by atoms with Gasteiger partial charge in [0.05, 0.1) is 0 Å². The second-order valence-corrected chi connectivity index (χ2v) is 10.9. The van der Waals surface area contributed by atoms with Gasteiger partial charge in [0.15, 0.2) is 0 Å². The Bertz CT molecular complexity index is 301. The standard InChI is InChI=1S/O13Si8/c1-14-7-20(8-15-2,9-16-3)13-21(10-17-4,11-18-5)12-19-6. The van der Waals surface area contributed by atoms with Crippen LogP contribution in [0.1, 0.15) is 0 Å². The molecule has 0 atom stereocenters. The summed E-state index contributed by atoms with van der Waals surface area (Å²) in [7, 11) is -18.8. The van der Waals surface area contributed by atoms with E-state index < -0.39 is 76.0 Å². The molecule has 0 aromatic carbocycles. The molecular formula is O13Si8. The normalized spacial score (nSPS) is 10.3. The summed E-state index contributed by atoms with van der Waals surface area (Å²) >= 11 is 0. The van der Waals surface area contributed by atoms with Gasteiger partial charge in [-0.2, -0.15) is 0 Å². The molecule has 0 unspecified atom stereocenters. The fraction of sp³-hybridized carbons (Fsp3) is 0. The van der Waals surface area contributed by atoms with Crippen LogP contribution in [0, 0.1) is 0 Å². The van der Waals surface area contributed by atoms with Gasteiger partial charge in [0.2, 0.25) is 0 Å². The molecule has 0 aliphatic heterocycles. The highest BCUT2D eigenvalue weighted by Gasteiger charge is 2.68. The Morgan fingerprint density at radius 1 is 0.429 bits per heavy atom. The molecule has 0 rings (SSSR count). The molecule has 6 radical (unpaired) electrons. The summed E-state index contributed by atoms with van der Waals surface area (Å²) in [5, 5.41) is 0. The van der Waals surface area contributed by atoms with Gasteiger partial charge in [-0.25, -0.2) is 0 Å². The molecule has 0 bridgehead atoms. The molecule has 0 N–H and O–H groups in total. The third-order valence-electron chi connectivity index (χ3n) is 1.25. The van der Waals surface area contributed by atoms with Crippen molar-refractivity contribution in [2.75, 3.05) is 0 Å². The molecular weight excluding hydrogens is 433 g/mol. The minimum atomic E-state index is -4.66. The van der Waals surface area contributed by atoms with Gasteiger partial charge >= 0.3 is 76.0 Å². The third-order valence-corrected chi connectivity index (χ3v) is 11.3. The minimum Gasteiger partial charge on any atom is -0.496 e. The van der Waals surface area contributed by atoms with Crippen LogP contribution in [0.4, 0.5) is 0 Å². The summed E-state index contributed by atoms with van der Waals surface area (Å²) in [6, 6.07) is 0. The van der Waals surface area contributed by atoms with Crippen LogP contribution >= 0.6 is 0 Å². The van der Waals surface area contributed by atoms with Gasteiger partial charge in [0.25, 0.3) is 0 Å². The van der Waals surface area contributed by atoms with Gasteiger partial charge in [-0.1, -0.05) is 0 Å². The van der Waals surface area contributed by atoms with E-state index in [1.54, 1.807) is 0 Å². The first-order valence-corrected chi connectivity index (χ1v) is 12.2. The van der Waals surface area contributed by atoms with Gasteiger partial charge in [-0.15, -0.1) is 0 Å². The molecule has 0 spiro atoms. The highest BCUT2D eigenvalue weighted by molar-refractivity contribution is 6.77. The molecule has 0 amide bonds. The summed E-state index contributed by atoms with van der Waals surface area (Å²) in [5.41, 5.74) is 0. The lowest BCUT2D eigenvalue weighted by molar-refractivity contribution is 0.0754. The van der Waals surface area contributed by atoms with Crippen molar-refractivity contribution in [2.24, 2.45) is 0 Å². The molecule has 0 saturated carbocycles. The largest absolute Gasteiger partial charge is 0.851 e. The number of hydrogen-bond donors (Lipinski definition) is 0. The first kappa shape index (κ1) is 20.3. The van der Waals surface area contributed by atoms with Crippen LogP contribution in [-0.4, -0.2) is 76.0 Å². The van der Waals surface area contributed by atoms with Crippen molar-refractivity contribution in [1.29, 1.82) is 0 Å². The predicted octanol–water partition coefficient (Wildman–Crippen LogP) is -4.24. The zero-order valence-electron chi connectivity index (χ0n) is 9.31. The molecule has 110 valence electrons. The SMILES string of the molecule is O=[Si]O[Si](O[Si]=O)(O[Si]=O)O[Si](O[Si]=O)(O[Si]=O)O[Si]=O. The van der Waals surface area contributed by atoms with Crippen LogP contribution in [0.2, 0.25) is 0 Å². The fourth-order valence-electron chi connectivity index (χ4n) is 0.709. The molecule has 0 aliphatic carbocycles. The quantitative estimate of drug-likeness (QED) is 0.242. The van der Waals surface area contributed by atoms with Crippen LogP contribution in [0.3, 0.4) is 0 Å². The molecule has 21 heteroatoms. The lowest BCUT2D eigenvalue weighted by atomic mass is 15.5. The van der Waals surface area contributed by atoms with Gasteiger partial charge < -0.3 is 51.5 Å². The first-order chi connectivity index (χ1) is 10.1. The van der Waals surface area contributed by atoms with Crippen molar-refractivity contribution in [1.82, 2.24) is 0 Å². The number of hydrogen-bond acceptors (Lipinski definition) is 13. The van der Waals surface area contributed by atoms with E-state index in [1.807, 2.05) is 0 Å². The van der Waals surface area contributed by atoms with Crippen LogP contribution in [0.5, 0.6) is 0 Å². The van der Waals surface area contributed by atoms with Crippen molar-refractivity contribution in [3.8, 4) is 0 Å². The topological polar surface area (TPSA) is 167 Å². The van der Waals surface area contributed by atoms with Crippen molar-refractivity contribution in [2.45, 2.75) is 0 Å². The van der Waals surface area contributed by atoms with Crippen LogP contribution < -0.4 is 0 Å². The molecule has 21 heavy (non-hydrogen) atoms. The van der Waals surface area contributed by atoms with E-state index in [0.717, 1.165) is 0 Å². The van der Waals surface area contributed by atoms with E-state index in [9.17, 15) is 26.8 Å². The van der Waals surface area contributed by atoms with Gasteiger partial charge in [0, 0.05) is 0 Å². The highest BCUT2D eigenvalue weighted by Crippen LogP contribution is 2.18. The lowest BCUT2D eigenvalue weighted by Gasteiger charge is -2.28. The summed E-state index contributed by atoms with van der Waals surface area (Å²) < 4.78 is 95.0. The Morgan fingerprint density at radius 2 is 0.619 bits per heavy atom. The van der Waals surface area contributed by atoms with E-state index in [1.165, 1.54) is 0 Å². The Labute approximate surface area is 131 Å². The monoisotopic (exact) mass is 432 g/mol. The van der Waals surface area contributed by atoms with Crippen molar-refractivity contribution < 1.29 is 55.6 Å². The third kappa shape index (κ3) is 6.73. The zero-order chi connectivity index (χ0) is 16.2. The van der Waals surface area contributed by atoms with E-state index in [2.05, 4.69) is 24.7 Å². The van der Waals surface area contributed by atoms with Gasteiger partial charge in [0.1, 0.15) is 0 Å². The Hall–Kier alpha value is -0.705. The average molecular weight is 433 g/mol. The van der Waals surface area contributed by atoms with E-state index >= 15 is 0 Å². The Morgan fingerprint density at radius 3 is 0.762 bits per heavy atom. The molecule has 0 aromatic heterocycles. The predicted molar refractivity (Wildman–Crippen MR) is 57.7 cm³/mol. The fourth-order valence-corrected chi connectivity index (χ4v) is 10.9. The zero-order valence-corrected chi connectivity index (χ0v) is 17.3. The molecule has 13 nitrogen and oxygen atoms in total. The van der Waals surface area contributed by atoms with E-state index in [-0.39, 0.29) is 0 Å². The summed E-state index contributed by atoms with van der Waals surface area (Å²) in [6.45, 7) is 0. The van der Waals surface area contributed by atoms with E-state index in [4.69, 9.17) is 4.12 Å². The lowest BCUT2D eigenvalue weighted by Crippen LogP contribution is -2.62. The van der Waals surface area contributed by atoms with Crippen molar-refractivity contribution >= 4 is 76.0 Å². The average Bonchev–Trinajstić information content (AvgIpc) is 2.40. The van der Waals surface area contributed by atoms with E-state index in [0.29, 0.717) is 0 Å². The maximum absolute atomic E-state index is 10.6. The van der Waals surface area contributed by atoms with Gasteiger partial charge in [-0.3, -0.25) is 4.12 Å². The summed E-state index contributed by atoms with van der Waals surface area (Å²) in [5.74, 6) is 0. The molecule has 0 fully saturated rings. The van der Waals surface area contributed by atoms with Crippen LogP contribution in [0.25, 0.3) is 0 Å². The maximum Gasteiger partial charge on any atom is 0.851 e. The first-order valence-electron chi connectivity index (χ1n) is 4.08. The maximum atomic E-state index is 10.6. The molecule has 0 aliphatic rings. The van der Waals surface area contributed by atoms with Crippen molar-refractivity contribution in [3.63, 3.8) is 0 Å². The Kier molecular flexibility index (Phi) is 10.6. The van der Waals surface area contributed by atoms with Crippen molar-refractivity contribution in [3.05, 3.63) is 0 Å². The minimum absolute atomic E-state index is 1.58. The Balaban J connectivity index is 5.60. The smallest absolute Gasteiger partial charge is 0.496 e. The second-order valence-electron chi connectivity index (χ2n) is 2.21. The second kappa shape index (κ2) is 10.9. The van der Waals surface area contributed by atoms with Gasteiger partial charge in [-0.05, 0) is 0 Å². The van der Waals surface area contributed by atoms with Crippen LogP contribution in [0.15, 0.2) is 0 Å². The molecule has 0 saturated heterocycles. The summed E-state index contributed by atoms with van der Waals surface area (Å²) in [4.78, 5) is 0. The highest BCUT2D eigenvalue weighted by atomic mass is 28.5. The number of rotatable bonds is 14. The molecule has 0 aromatic rings.